The fraction of sp³-hybridized carbons (Fsp3) is 0. The van der Waals surface area contributed by atoms with E-state index in [1.54, 1.807) is 0 Å². The van der Waals surface area contributed by atoms with E-state index >= 15 is 0 Å². The molecule has 254 valence electrons. The highest BCUT2D eigenvalue weighted by atomic mass is 16.4. The third-order valence-corrected chi connectivity index (χ3v) is 10.4. The van der Waals surface area contributed by atoms with Crippen molar-refractivity contribution in [2.45, 2.75) is 0 Å². The molecule has 3 aromatic heterocycles. The van der Waals surface area contributed by atoms with Crippen molar-refractivity contribution >= 4 is 71.9 Å². The topological polar surface area (TPSA) is 47.3 Å². The van der Waals surface area contributed by atoms with E-state index in [9.17, 15) is 0 Å². The van der Waals surface area contributed by atoms with E-state index in [2.05, 4.69) is 143 Å². The Balaban J connectivity index is 1.24. The Morgan fingerprint density at radius 3 is 1.83 bits per heavy atom. The average molecular weight is 694 g/mol. The number of para-hydroxylation sites is 3. The van der Waals surface area contributed by atoms with Crippen LogP contribution in [0.25, 0.3) is 83.1 Å². The molecule has 0 unspecified atom stereocenters. The van der Waals surface area contributed by atoms with Crippen LogP contribution in [-0.2, 0) is 0 Å². The van der Waals surface area contributed by atoms with Crippen molar-refractivity contribution in [3.8, 4) is 28.3 Å². The molecule has 0 saturated carbocycles. The highest BCUT2D eigenvalue weighted by molar-refractivity contribution is 6.20. The van der Waals surface area contributed by atoms with Crippen LogP contribution in [-0.4, -0.2) is 9.55 Å². The van der Waals surface area contributed by atoms with Gasteiger partial charge in [-0.25, -0.2) is 4.98 Å². The minimum atomic E-state index is 0.558. The highest BCUT2D eigenvalue weighted by Crippen LogP contribution is 2.49. The molecule has 0 fully saturated rings. The van der Waals surface area contributed by atoms with Gasteiger partial charge in [-0.05, 0) is 71.8 Å². The van der Waals surface area contributed by atoms with Gasteiger partial charge in [-0.3, -0.25) is 0 Å². The Morgan fingerprint density at radius 2 is 1.06 bits per heavy atom. The number of anilines is 3. The van der Waals surface area contributed by atoms with E-state index in [0.29, 0.717) is 11.5 Å². The molecule has 54 heavy (non-hydrogen) atoms. The lowest BCUT2D eigenvalue weighted by Crippen LogP contribution is -2.11. The van der Waals surface area contributed by atoms with Crippen LogP contribution in [0.3, 0.4) is 0 Å². The molecule has 0 saturated heterocycles. The Kier molecular flexibility index (Phi) is 6.79. The Bertz CT molecular complexity index is 3140. The van der Waals surface area contributed by atoms with Crippen molar-refractivity contribution in [1.29, 1.82) is 0 Å². The Morgan fingerprint density at radius 1 is 0.444 bits per heavy atom. The van der Waals surface area contributed by atoms with E-state index in [4.69, 9.17) is 13.8 Å². The average Bonchev–Trinajstić information content (AvgIpc) is 3.93. The zero-order chi connectivity index (χ0) is 35.6. The van der Waals surface area contributed by atoms with Gasteiger partial charge in [0, 0.05) is 44.9 Å². The number of oxazole rings is 1. The summed E-state index contributed by atoms with van der Waals surface area (Å²) in [6.07, 6.45) is 0. The Labute approximate surface area is 310 Å². The smallest absolute Gasteiger partial charge is 0.227 e. The third kappa shape index (κ3) is 4.76. The predicted octanol–water partition coefficient (Wildman–Crippen LogP) is 13.6. The van der Waals surface area contributed by atoms with Crippen LogP contribution in [0.4, 0.5) is 17.1 Å². The maximum absolute atomic E-state index is 6.86. The molecule has 0 bridgehead atoms. The van der Waals surface area contributed by atoms with Gasteiger partial charge >= 0.3 is 0 Å². The summed E-state index contributed by atoms with van der Waals surface area (Å²) in [7, 11) is 0. The summed E-state index contributed by atoms with van der Waals surface area (Å²) in [6.45, 7) is 0. The van der Waals surface area contributed by atoms with E-state index in [1.165, 1.54) is 10.8 Å². The predicted molar refractivity (Wildman–Crippen MR) is 221 cm³/mol. The van der Waals surface area contributed by atoms with Gasteiger partial charge in [0.1, 0.15) is 22.4 Å². The summed E-state index contributed by atoms with van der Waals surface area (Å²) in [5.74, 6) is 0.558. The first kappa shape index (κ1) is 30.3. The third-order valence-electron chi connectivity index (χ3n) is 10.4. The molecule has 11 rings (SSSR count). The molecule has 0 N–H and O–H groups in total. The van der Waals surface area contributed by atoms with Gasteiger partial charge in [0.05, 0.1) is 16.4 Å². The zero-order valence-electron chi connectivity index (χ0n) is 29.1. The largest absolute Gasteiger partial charge is 0.456 e. The van der Waals surface area contributed by atoms with Crippen molar-refractivity contribution in [3.05, 3.63) is 188 Å². The number of furan rings is 1. The molecule has 0 aliphatic rings. The van der Waals surface area contributed by atoms with Crippen LogP contribution >= 0.6 is 0 Å². The van der Waals surface area contributed by atoms with Crippen LogP contribution in [0.2, 0.25) is 0 Å². The first-order valence-electron chi connectivity index (χ1n) is 18.1. The second kappa shape index (κ2) is 12.1. The molecule has 3 heterocycles. The van der Waals surface area contributed by atoms with Gasteiger partial charge in [0.25, 0.3) is 0 Å². The molecule has 0 aliphatic heterocycles. The lowest BCUT2D eigenvalue weighted by atomic mass is 10.0. The van der Waals surface area contributed by atoms with Gasteiger partial charge in [0.15, 0.2) is 5.58 Å². The number of rotatable bonds is 6. The van der Waals surface area contributed by atoms with Crippen LogP contribution in [0.1, 0.15) is 0 Å². The maximum atomic E-state index is 6.86. The number of hydrogen-bond donors (Lipinski definition) is 0. The van der Waals surface area contributed by atoms with E-state index < -0.39 is 0 Å². The molecular formula is C49H31N3O2. The fourth-order valence-electron chi connectivity index (χ4n) is 7.96. The summed E-state index contributed by atoms with van der Waals surface area (Å²) in [6, 6.07) is 65.5. The highest BCUT2D eigenvalue weighted by Gasteiger charge is 2.27. The quantitative estimate of drug-likeness (QED) is 0.174. The summed E-state index contributed by atoms with van der Waals surface area (Å²) < 4.78 is 15.8. The van der Waals surface area contributed by atoms with Crippen molar-refractivity contribution in [3.63, 3.8) is 0 Å². The van der Waals surface area contributed by atoms with Crippen molar-refractivity contribution < 1.29 is 8.83 Å². The SMILES string of the molecule is c1ccc(-c2ccc(N(c3ccc4c5ccccc5n(-c5ccccc5)c4c3)c3c4oc(-c5ccccc5)nc4cc4oc5ccccc5c34)cc2)cc1. The lowest BCUT2D eigenvalue weighted by molar-refractivity contribution is 0.620. The molecule has 5 heteroatoms. The zero-order valence-corrected chi connectivity index (χ0v) is 29.1. The molecule has 11 aromatic rings. The molecule has 0 amide bonds. The van der Waals surface area contributed by atoms with Crippen molar-refractivity contribution in [2.24, 2.45) is 0 Å². The Hall–Kier alpha value is -7.37. The number of benzene rings is 8. The normalized spacial score (nSPS) is 11.7. The molecule has 8 aromatic carbocycles. The summed E-state index contributed by atoms with van der Waals surface area (Å²) in [5.41, 5.74) is 12.4. The standard InChI is InChI=1S/C49H31N3O2/c1-4-14-32(15-5-1)33-24-26-36(27-25-33)51(37-28-29-39-38-20-10-12-22-42(38)52(43(39)30-37)35-18-8-3-9-19-35)47-46-40-21-11-13-23-44(40)53-45(46)31-41-48(47)54-49(50-41)34-16-6-2-7-17-34/h1-31H. The molecule has 0 aliphatic carbocycles. The minimum absolute atomic E-state index is 0.558. The number of nitrogens with zero attached hydrogens (tertiary/aromatic N) is 3. The van der Waals surface area contributed by atoms with E-state index in [-0.39, 0.29) is 0 Å². The van der Waals surface area contributed by atoms with Gasteiger partial charge in [0.2, 0.25) is 5.89 Å². The van der Waals surface area contributed by atoms with E-state index in [1.807, 2.05) is 54.6 Å². The number of hydrogen-bond acceptors (Lipinski definition) is 4. The van der Waals surface area contributed by atoms with Gasteiger partial charge in [-0.2, -0.15) is 0 Å². The van der Waals surface area contributed by atoms with Crippen LogP contribution < -0.4 is 4.90 Å². The summed E-state index contributed by atoms with van der Waals surface area (Å²) in [5, 5.41) is 4.35. The van der Waals surface area contributed by atoms with Gasteiger partial charge in [-0.15, -0.1) is 0 Å². The lowest BCUT2D eigenvalue weighted by Gasteiger charge is -2.26. The molecule has 0 radical (unpaired) electrons. The number of aromatic nitrogens is 2. The minimum Gasteiger partial charge on any atom is -0.456 e. The first-order valence-corrected chi connectivity index (χ1v) is 18.1. The second-order valence-electron chi connectivity index (χ2n) is 13.6. The molecule has 5 nitrogen and oxygen atoms in total. The van der Waals surface area contributed by atoms with E-state index in [0.717, 1.165) is 77.9 Å². The molecule has 0 spiro atoms. The summed E-state index contributed by atoms with van der Waals surface area (Å²) in [4.78, 5) is 7.38. The first-order chi connectivity index (χ1) is 26.8. The number of fused-ring (bicyclic) bond motifs is 7. The van der Waals surface area contributed by atoms with Crippen LogP contribution in [0, 0.1) is 0 Å². The van der Waals surface area contributed by atoms with Crippen molar-refractivity contribution in [1.82, 2.24) is 9.55 Å². The molecule has 0 atom stereocenters. The van der Waals surface area contributed by atoms with Gasteiger partial charge < -0.3 is 18.3 Å². The monoisotopic (exact) mass is 693 g/mol. The van der Waals surface area contributed by atoms with Crippen LogP contribution in [0.5, 0.6) is 0 Å². The van der Waals surface area contributed by atoms with Crippen molar-refractivity contribution in [2.75, 3.05) is 4.90 Å². The fourth-order valence-corrected chi connectivity index (χ4v) is 7.96. The second-order valence-corrected chi connectivity index (χ2v) is 13.6. The summed E-state index contributed by atoms with van der Waals surface area (Å²) >= 11 is 0. The van der Waals surface area contributed by atoms with Gasteiger partial charge in [-0.1, -0.05) is 121 Å². The van der Waals surface area contributed by atoms with Crippen LogP contribution in [0.15, 0.2) is 197 Å². The molecular weight excluding hydrogens is 663 g/mol. The maximum Gasteiger partial charge on any atom is 0.227 e.